The third-order valence-electron chi connectivity index (χ3n) is 1.98. The van der Waals surface area contributed by atoms with E-state index in [0.717, 1.165) is 0 Å². The molecule has 1 aromatic rings. The van der Waals surface area contributed by atoms with Crippen LogP contribution in [-0.4, -0.2) is 29.7 Å². The molecule has 0 amide bonds. The Morgan fingerprint density at radius 1 is 1.53 bits per heavy atom. The van der Waals surface area contributed by atoms with Crippen LogP contribution in [0.3, 0.4) is 0 Å². The van der Waals surface area contributed by atoms with Crippen molar-refractivity contribution in [3.63, 3.8) is 0 Å². The number of hydrogen-bond acceptors (Lipinski definition) is 6. The number of aliphatic hydroxyl groups is 1. The van der Waals surface area contributed by atoms with Crippen molar-refractivity contribution in [2.45, 2.75) is 6.61 Å². The van der Waals surface area contributed by atoms with Crippen LogP contribution in [0.25, 0.3) is 0 Å². The first-order valence-corrected chi connectivity index (χ1v) is 4.66. The van der Waals surface area contributed by atoms with Crippen LogP contribution in [-0.2, 0) is 16.1 Å². The number of nitro benzene ring substituents is 1. The molecule has 0 unspecified atom stereocenters. The molecule has 7 nitrogen and oxygen atoms in total. The summed E-state index contributed by atoms with van der Waals surface area (Å²) in [6.45, 7) is -0.714. The van der Waals surface area contributed by atoms with Crippen LogP contribution in [0.15, 0.2) is 18.2 Å². The van der Waals surface area contributed by atoms with Gasteiger partial charge >= 0.3 is 11.7 Å². The molecule has 1 rings (SSSR count). The van der Waals surface area contributed by atoms with Gasteiger partial charge in [0.25, 0.3) is 0 Å². The van der Waals surface area contributed by atoms with Crippen LogP contribution < -0.4 is 4.74 Å². The summed E-state index contributed by atoms with van der Waals surface area (Å²) < 4.78 is 9.30. The van der Waals surface area contributed by atoms with E-state index in [1.165, 1.54) is 25.3 Å². The van der Waals surface area contributed by atoms with Gasteiger partial charge in [-0.15, -0.1) is 0 Å². The van der Waals surface area contributed by atoms with Gasteiger partial charge in [0, 0.05) is 6.07 Å². The maximum atomic E-state index is 10.8. The molecule has 0 aliphatic heterocycles. The predicted molar refractivity (Wildman–Crippen MR) is 56.5 cm³/mol. The molecule has 0 aliphatic carbocycles. The molecule has 17 heavy (non-hydrogen) atoms. The Labute approximate surface area is 96.7 Å². The Bertz CT molecular complexity index is 431. The normalized spacial score (nSPS) is 9.76. The van der Waals surface area contributed by atoms with E-state index >= 15 is 0 Å². The van der Waals surface area contributed by atoms with Gasteiger partial charge in [0.1, 0.15) is 0 Å². The lowest BCUT2D eigenvalue weighted by Crippen LogP contribution is -2.13. The van der Waals surface area contributed by atoms with Crippen molar-refractivity contribution in [2.75, 3.05) is 13.7 Å². The summed E-state index contributed by atoms with van der Waals surface area (Å²) in [5, 5.41) is 19.6. The standard InChI is InChI=1S/C10H11NO6/c1-16-10(13)6-17-9-3-2-7(5-12)4-8(9)11(14)15/h2-4,12H,5-6H2,1H3. The number of nitro groups is 1. The van der Waals surface area contributed by atoms with E-state index in [2.05, 4.69) is 4.74 Å². The maximum absolute atomic E-state index is 10.8. The van der Waals surface area contributed by atoms with Crippen molar-refractivity contribution in [3.05, 3.63) is 33.9 Å². The lowest BCUT2D eigenvalue weighted by atomic mass is 10.2. The van der Waals surface area contributed by atoms with Crippen molar-refractivity contribution in [1.82, 2.24) is 0 Å². The van der Waals surface area contributed by atoms with E-state index in [1.807, 2.05) is 0 Å². The minimum Gasteiger partial charge on any atom is -0.475 e. The number of rotatable bonds is 5. The van der Waals surface area contributed by atoms with Gasteiger partial charge in [0.2, 0.25) is 0 Å². The third-order valence-corrected chi connectivity index (χ3v) is 1.98. The molecule has 92 valence electrons. The third kappa shape index (κ3) is 3.42. The van der Waals surface area contributed by atoms with E-state index in [9.17, 15) is 14.9 Å². The van der Waals surface area contributed by atoms with Gasteiger partial charge in [0.15, 0.2) is 12.4 Å². The highest BCUT2D eigenvalue weighted by Gasteiger charge is 2.16. The van der Waals surface area contributed by atoms with E-state index in [4.69, 9.17) is 9.84 Å². The van der Waals surface area contributed by atoms with Crippen LogP contribution >= 0.6 is 0 Å². The first-order chi connectivity index (χ1) is 8.08. The Morgan fingerprint density at radius 2 is 2.24 bits per heavy atom. The average Bonchev–Trinajstić information content (AvgIpc) is 2.35. The van der Waals surface area contributed by atoms with Gasteiger partial charge in [-0.05, 0) is 11.6 Å². The lowest BCUT2D eigenvalue weighted by Gasteiger charge is -2.06. The lowest BCUT2D eigenvalue weighted by molar-refractivity contribution is -0.385. The highest BCUT2D eigenvalue weighted by Crippen LogP contribution is 2.27. The van der Waals surface area contributed by atoms with Crippen molar-refractivity contribution in [2.24, 2.45) is 0 Å². The predicted octanol–water partition coefficient (Wildman–Crippen LogP) is 0.639. The zero-order chi connectivity index (χ0) is 12.8. The fraction of sp³-hybridized carbons (Fsp3) is 0.300. The van der Waals surface area contributed by atoms with Gasteiger partial charge in [-0.2, -0.15) is 0 Å². The summed E-state index contributed by atoms with van der Waals surface area (Å²) in [6.07, 6.45) is 0. The second-order valence-corrected chi connectivity index (χ2v) is 3.08. The highest BCUT2D eigenvalue weighted by molar-refractivity contribution is 5.71. The van der Waals surface area contributed by atoms with Crippen molar-refractivity contribution < 1.29 is 24.3 Å². The van der Waals surface area contributed by atoms with Gasteiger partial charge in [-0.3, -0.25) is 10.1 Å². The zero-order valence-corrected chi connectivity index (χ0v) is 9.08. The average molecular weight is 241 g/mol. The van der Waals surface area contributed by atoms with Gasteiger partial charge in [-0.1, -0.05) is 6.07 Å². The first-order valence-electron chi connectivity index (χ1n) is 4.66. The zero-order valence-electron chi connectivity index (χ0n) is 9.08. The van der Waals surface area contributed by atoms with Crippen LogP contribution in [0.5, 0.6) is 5.75 Å². The monoisotopic (exact) mass is 241 g/mol. The molecule has 1 N–H and O–H groups in total. The number of hydrogen-bond donors (Lipinski definition) is 1. The summed E-state index contributed by atoms with van der Waals surface area (Å²) in [7, 11) is 1.19. The number of carbonyl (C=O) groups excluding carboxylic acids is 1. The summed E-state index contributed by atoms with van der Waals surface area (Å²) in [5.41, 5.74) is 0.0857. The number of carbonyl (C=O) groups is 1. The number of ether oxygens (including phenoxy) is 2. The molecule has 0 saturated heterocycles. The molecule has 0 bridgehead atoms. The second-order valence-electron chi connectivity index (χ2n) is 3.08. The number of esters is 1. The molecule has 0 heterocycles. The second kappa shape index (κ2) is 5.80. The molecule has 0 saturated carbocycles. The largest absolute Gasteiger partial charge is 0.475 e. The fourth-order valence-electron chi connectivity index (χ4n) is 1.12. The van der Waals surface area contributed by atoms with Crippen LogP contribution in [0.2, 0.25) is 0 Å². The van der Waals surface area contributed by atoms with Gasteiger partial charge in [0.05, 0.1) is 18.6 Å². The number of aliphatic hydroxyl groups excluding tert-OH is 1. The Balaban J connectivity index is 2.90. The SMILES string of the molecule is COC(=O)COc1ccc(CO)cc1[N+](=O)[O-]. The molecule has 0 aliphatic rings. The topological polar surface area (TPSA) is 98.9 Å². The maximum Gasteiger partial charge on any atom is 0.343 e. The number of benzene rings is 1. The molecule has 0 fully saturated rings. The number of methoxy groups -OCH3 is 1. The van der Waals surface area contributed by atoms with Crippen LogP contribution in [0.4, 0.5) is 5.69 Å². The Kier molecular flexibility index (Phi) is 4.41. The Hall–Kier alpha value is -2.15. The molecule has 0 aromatic heterocycles. The number of nitrogens with zero attached hydrogens (tertiary/aromatic N) is 1. The highest BCUT2D eigenvalue weighted by atomic mass is 16.6. The van der Waals surface area contributed by atoms with E-state index in [0.29, 0.717) is 5.56 Å². The van der Waals surface area contributed by atoms with Crippen molar-refractivity contribution in [1.29, 1.82) is 0 Å². The van der Waals surface area contributed by atoms with Gasteiger partial charge in [-0.25, -0.2) is 4.79 Å². The van der Waals surface area contributed by atoms with E-state index in [1.54, 1.807) is 0 Å². The molecular formula is C10H11NO6. The molecular weight excluding hydrogens is 230 g/mol. The van der Waals surface area contributed by atoms with Crippen molar-refractivity contribution >= 4 is 11.7 Å². The summed E-state index contributed by atoms with van der Waals surface area (Å²) >= 11 is 0. The minimum absolute atomic E-state index is 0.0439. The molecule has 0 atom stereocenters. The summed E-state index contributed by atoms with van der Waals surface area (Å²) in [6, 6.07) is 3.98. The van der Waals surface area contributed by atoms with Crippen LogP contribution in [0.1, 0.15) is 5.56 Å². The van der Waals surface area contributed by atoms with E-state index in [-0.39, 0.29) is 18.0 Å². The molecule has 0 radical (unpaired) electrons. The summed E-state index contributed by atoms with van der Waals surface area (Å²) in [5.74, 6) is -0.678. The quantitative estimate of drug-likeness (QED) is 0.461. The van der Waals surface area contributed by atoms with Gasteiger partial charge < -0.3 is 14.6 Å². The fourth-order valence-corrected chi connectivity index (χ4v) is 1.12. The minimum atomic E-state index is -0.647. The smallest absolute Gasteiger partial charge is 0.343 e. The van der Waals surface area contributed by atoms with Crippen molar-refractivity contribution in [3.8, 4) is 5.75 Å². The van der Waals surface area contributed by atoms with Crippen LogP contribution in [0, 0.1) is 10.1 Å². The summed E-state index contributed by atoms with van der Waals surface area (Å²) in [4.78, 5) is 20.9. The molecule has 7 heteroatoms. The molecule has 0 spiro atoms. The van der Waals surface area contributed by atoms with E-state index < -0.39 is 17.5 Å². The Morgan fingerprint density at radius 3 is 2.76 bits per heavy atom. The first kappa shape index (κ1) is 12.9. The molecule has 1 aromatic carbocycles.